The molecule has 2 aliphatic rings. The Hall–Kier alpha value is -0.0800. The van der Waals surface area contributed by atoms with Crippen molar-refractivity contribution in [2.45, 2.75) is 84.7 Å². The van der Waals surface area contributed by atoms with Crippen LogP contribution in [-0.4, -0.2) is 36.6 Å². The SMILES string of the molecule is CC(C)NCC1CCCN(C2CCCC(C)(C)CC2)C1. The normalized spacial score (nSPS) is 32.2. The van der Waals surface area contributed by atoms with Crippen molar-refractivity contribution in [3.63, 3.8) is 0 Å². The van der Waals surface area contributed by atoms with Gasteiger partial charge in [-0.3, -0.25) is 0 Å². The minimum atomic E-state index is 0.586. The molecule has 2 unspecified atom stereocenters. The van der Waals surface area contributed by atoms with Crippen LogP contribution in [0.15, 0.2) is 0 Å². The summed E-state index contributed by atoms with van der Waals surface area (Å²) in [5.74, 6) is 0.877. The second-order valence-corrected chi connectivity index (χ2v) is 8.32. The smallest absolute Gasteiger partial charge is 0.00955 e. The van der Waals surface area contributed by atoms with Crippen LogP contribution in [0.3, 0.4) is 0 Å². The first-order valence-corrected chi connectivity index (χ1v) is 8.94. The topological polar surface area (TPSA) is 15.3 Å². The lowest BCUT2D eigenvalue weighted by Crippen LogP contribution is -2.45. The third-order valence-corrected chi connectivity index (χ3v) is 5.43. The van der Waals surface area contributed by atoms with Gasteiger partial charge in [-0.25, -0.2) is 0 Å². The zero-order valence-electron chi connectivity index (χ0n) is 14.3. The predicted molar refractivity (Wildman–Crippen MR) is 88.1 cm³/mol. The Bertz CT molecular complexity index is 285. The van der Waals surface area contributed by atoms with Crippen LogP contribution in [0.25, 0.3) is 0 Å². The average Bonchev–Trinajstić information content (AvgIpc) is 2.58. The van der Waals surface area contributed by atoms with Crippen molar-refractivity contribution < 1.29 is 0 Å². The highest BCUT2D eigenvalue weighted by molar-refractivity contribution is 4.85. The molecule has 0 aromatic rings. The summed E-state index contributed by atoms with van der Waals surface area (Å²) >= 11 is 0. The molecule has 20 heavy (non-hydrogen) atoms. The van der Waals surface area contributed by atoms with Crippen molar-refractivity contribution in [1.82, 2.24) is 10.2 Å². The van der Waals surface area contributed by atoms with Gasteiger partial charge in [0.1, 0.15) is 0 Å². The van der Waals surface area contributed by atoms with Crippen LogP contribution in [0, 0.1) is 11.3 Å². The predicted octanol–water partition coefficient (Wildman–Crippen LogP) is 4.06. The first-order valence-electron chi connectivity index (χ1n) is 8.94. The van der Waals surface area contributed by atoms with E-state index in [1.807, 2.05) is 0 Å². The van der Waals surface area contributed by atoms with Crippen LogP contribution in [0.4, 0.5) is 0 Å². The van der Waals surface area contributed by atoms with Crippen LogP contribution in [-0.2, 0) is 0 Å². The Morgan fingerprint density at radius 3 is 2.65 bits per heavy atom. The number of likely N-dealkylation sites (tertiary alicyclic amines) is 1. The maximum Gasteiger partial charge on any atom is 0.00955 e. The van der Waals surface area contributed by atoms with Crippen molar-refractivity contribution in [3.05, 3.63) is 0 Å². The molecule has 0 bridgehead atoms. The molecule has 2 heteroatoms. The van der Waals surface area contributed by atoms with Gasteiger partial charge in [0.2, 0.25) is 0 Å². The van der Waals surface area contributed by atoms with E-state index in [-0.39, 0.29) is 0 Å². The van der Waals surface area contributed by atoms with E-state index >= 15 is 0 Å². The zero-order chi connectivity index (χ0) is 14.6. The summed E-state index contributed by atoms with van der Waals surface area (Å²) in [6.45, 7) is 13.3. The summed E-state index contributed by atoms with van der Waals surface area (Å²) in [7, 11) is 0. The molecule has 1 heterocycles. The number of piperidine rings is 1. The Kier molecular flexibility index (Phi) is 5.92. The lowest BCUT2D eigenvalue weighted by molar-refractivity contribution is 0.109. The zero-order valence-corrected chi connectivity index (χ0v) is 14.3. The van der Waals surface area contributed by atoms with Crippen molar-refractivity contribution in [3.8, 4) is 0 Å². The molecular weight excluding hydrogens is 244 g/mol. The quantitative estimate of drug-likeness (QED) is 0.781. The number of hydrogen-bond acceptors (Lipinski definition) is 2. The van der Waals surface area contributed by atoms with Crippen molar-refractivity contribution in [2.75, 3.05) is 19.6 Å². The molecule has 0 spiro atoms. The molecule has 0 aromatic heterocycles. The van der Waals surface area contributed by atoms with Crippen molar-refractivity contribution in [1.29, 1.82) is 0 Å². The van der Waals surface area contributed by atoms with E-state index in [0.717, 1.165) is 12.0 Å². The molecule has 2 nitrogen and oxygen atoms in total. The molecule has 1 aliphatic carbocycles. The summed E-state index contributed by atoms with van der Waals surface area (Å²) in [6.07, 6.45) is 9.98. The molecule has 0 radical (unpaired) electrons. The Balaban J connectivity index is 1.82. The number of nitrogens with one attached hydrogen (secondary N) is 1. The number of hydrogen-bond donors (Lipinski definition) is 1. The average molecular weight is 280 g/mol. The lowest BCUT2D eigenvalue weighted by Gasteiger charge is -2.38. The fourth-order valence-electron chi connectivity index (χ4n) is 4.01. The number of rotatable bonds is 4. The van der Waals surface area contributed by atoms with E-state index in [1.54, 1.807) is 0 Å². The van der Waals surface area contributed by atoms with Gasteiger partial charge in [-0.2, -0.15) is 0 Å². The standard InChI is InChI=1S/C18H36N2/c1-15(2)19-13-16-7-6-12-20(14-16)17-8-5-10-18(3,4)11-9-17/h15-17,19H,5-14H2,1-4H3. The third-order valence-electron chi connectivity index (χ3n) is 5.43. The minimum Gasteiger partial charge on any atom is -0.314 e. The molecular formula is C18H36N2. The Labute approximate surface area is 126 Å². The van der Waals surface area contributed by atoms with E-state index in [9.17, 15) is 0 Å². The molecule has 2 fully saturated rings. The largest absolute Gasteiger partial charge is 0.314 e. The van der Waals surface area contributed by atoms with E-state index in [4.69, 9.17) is 0 Å². The van der Waals surface area contributed by atoms with Gasteiger partial charge in [-0.05, 0) is 62.9 Å². The highest BCUT2D eigenvalue weighted by Crippen LogP contribution is 2.36. The molecule has 0 amide bonds. The maximum absolute atomic E-state index is 3.64. The van der Waals surface area contributed by atoms with Crippen LogP contribution in [0.5, 0.6) is 0 Å². The fourth-order valence-corrected chi connectivity index (χ4v) is 4.01. The Morgan fingerprint density at radius 1 is 1.10 bits per heavy atom. The molecule has 1 aliphatic heterocycles. The first-order chi connectivity index (χ1) is 9.46. The van der Waals surface area contributed by atoms with Gasteiger partial charge in [-0.15, -0.1) is 0 Å². The minimum absolute atomic E-state index is 0.586. The van der Waals surface area contributed by atoms with Crippen molar-refractivity contribution in [2.24, 2.45) is 11.3 Å². The summed E-state index contributed by atoms with van der Waals surface area (Å²) < 4.78 is 0. The fraction of sp³-hybridized carbons (Fsp3) is 1.00. The lowest BCUT2D eigenvalue weighted by atomic mass is 9.85. The van der Waals surface area contributed by atoms with Crippen molar-refractivity contribution >= 4 is 0 Å². The maximum atomic E-state index is 3.64. The molecule has 1 saturated carbocycles. The molecule has 0 aromatic carbocycles. The third kappa shape index (κ3) is 5.04. The monoisotopic (exact) mass is 280 g/mol. The summed E-state index contributed by atoms with van der Waals surface area (Å²) in [5.41, 5.74) is 0.586. The highest BCUT2D eigenvalue weighted by atomic mass is 15.2. The van der Waals surface area contributed by atoms with Gasteiger partial charge < -0.3 is 10.2 Å². The van der Waals surface area contributed by atoms with Gasteiger partial charge >= 0.3 is 0 Å². The first kappa shape index (κ1) is 16.3. The summed E-state index contributed by atoms with van der Waals surface area (Å²) in [4.78, 5) is 2.83. The van der Waals surface area contributed by atoms with Crippen LogP contribution < -0.4 is 5.32 Å². The summed E-state index contributed by atoms with van der Waals surface area (Å²) in [6, 6.07) is 1.50. The molecule has 1 saturated heterocycles. The van der Waals surface area contributed by atoms with Crippen LogP contribution >= 0.6 is 0 Å². The number of nitrogens with zero attached hydrogens (tertiary/aromatic N) is 1. The highest BCUT2D eigenvalue weighted by Gasteiger charge is 2.30. The molecule has 118 valence electrons. The summed E-state index contributed by atoms with van der Waals surface area (Å²) in [5, 5.41) is 3.64. The van der Waals surface area contributed by atoms with E-state index < -0.39 is 0 Å². The van der Waals surface area contributed by atoms with Crippen LogP contribution in [0.2, 0.25) is 0 Å². The molecule has 2 rings (SSSR count). The van der Waals surface area contributed by atoms with E-state index in [0.29, 0.717) is 11.5 Å². The second kappa shape index (κ2) is 7.26. The van der Waals surface area contributed by atoms with E-state index in [2.05, 4.69) is 37.9 Å². The van der Waals surface area contributed by atoms with Gasteiger partial charge in [0.15, 0.2) is 0 Å². The van der Waals surface area contributed by atoms with Gasteiger partial charge in [-0.1, -0.05) is 34.1 Å². The van der Waals surface area contributed by atoms with Gasteiger partial charge in [0.25, 0.3) is 0 Å². The second-order valence-electron chi connectivity index (χ2n) is 8.32. The van der Waals surface area contributed by atoms with Crippen LogP contribution in [0.1, 0.15) is 72.6 Å². The van der Waals surface area contributed by atoms with E-state index in [1.165, 1.54) is 64.6 Å². The van der Waals surface area contributed by atoms with Gasteiger partial charge in [0, 0.05) is 18.6 Å². The molecule has 1 N–H and O–H groups in total. The van der Waals surface area contributed by atoms with Gasteiger partial charge in [0.05, 0.1) is 0 Å². The Morgan fingerprint density at radius 2 is 1.90 bits per heavy atom. The molecule has 2 atom stereocenters.